The van der Waals surface area contributed by atoms with Gasteiger partial charge in [-0.1, -0.05) is 13.8 Å². The van der Waals surface area contributed by atoms with E-state index in [1.807, 2.05) is 32.0 Å². The fraction of sp³-hybridized carbons (Fsp3) is 0.389. The summed E-state index contributed by atoms with van der Waals surface area (Å²) in [6.07, 6.45) is 3.55. The van der Waals surface area contributed by atoms with Gasteiger partial charge in [-0.15, -0.1) is 0 Å². The predicted molar refractivity (Wildman–Crippen MR) is 96.4 cm³/mol. The average molecular weight is 325 g/mol. The second kappa shape index (κ2) is 7.29. The quantitative estimate of drug-likeness (QED) is 0.935. The first-order valence-electron chi connectivity index (χ1n) is 8.31. The van der Waals surface area contributed by atoms with Gasteiger partial charge in [0, 0.05) is 55.9 Å². The number of rotatable bonds is 4. The molecule has 1 aliphatic rings. The number of carbonyl (C=O) groups excluding carboxylic acids is 1. The monoisotopic (exact) mass is 325 g/mol. The van der Waals surface area contributed by atoms with Crippen molar-refractivity contribution in [2.45, 2.75) is 13.8 Å². The SMILES string of the molecule is CC(C)C(=O)Nc1ccc(N2CCN(c3ncccn3)CC2)cc1. The minimum atomic E-state index is -0.0158. The van der Waals surface area contributed by atoms with Crippen molar-refractivity contribution < 1.29 is 4.79 Å². The highest BCUT2D eigenvalue weighted by atomic mass is 16.1. The van der Waals surface area contributed by atoms with Crippen LogP contribution >= 0.6 is 0 Å². The molecule has 0 radical (unpaired) electrons. The lowest BCUT2D eigenvalue weighted by Gasteiger charge is -2.36. The summed E-state index contributed by atoms with van der Waals surface area (Å²) in [6.45, 7) is 7.43. The van der Waals surface area contributed by atoms with Gasteiger partial charge in [-0.2, -0.15) is 0 Å². The Balaban J connectivity index is 1.57. The molecule has 0 spiro atoms. The molecule has 1 aromatic heterocycles. The Hall–Kier alpha value is -2.63. The van der Waals surface area contributed by atoms with E-state index in [1.165, 1.54) is 5.69 Å². The molecule has 1 fully saturated rings. The minimum absolute atomic E-state index is 0.0158. The number of hydrogen-bond donors (Lipinski definition) is 1. The summed E-state index contributed by atoms with van der Waals surface area (Å²) in [7, 11) is 0. The third-order valence-corrected chi connectivity index (χ3v) is 4.14. The van der Waals surface area contributed by atoms with Crippen molar-refractivity contribution >= 4 is 23.2 Å². The van der Waals surface area contributed by atoms with Crippen LogP contribution in [0.4, 0.5) is 17.3 Å². The molecule has 126 valence electrons. The topological polar surface area (TPSA) is 61.4 Å². The van der Waals surface area contributed by atoms with Crippen LogP contribution in [-0.4, -0.2) is 42.1 Å². The Morgan fingerprint density at radius 2 is 1.58 bits per heavy atom. The molecule has 0 unspecified atom stereocenters. The van der Waals surface area contributed by atoms with Gasteiger partial charge >= 0.3 is 0 Å². The van der Waals surface area contributed by atoms with Gasteiger partial charge in [0.2, 0.25) is 11.9 Å². The molecule has 0 aliphatic carbocycles. The van der Waals surface area contributed by atoms with E-state index < -0.39 is 0 Å². The van der Waals surface area contributed by atoms with Gasteiger partial charge in [0.25, 0.3) is 0 Å². The molecule has 0 atom stereocenters. The van der Waals surface area contributed by atoms with Gasteiger partial charge < -0.3 is 15.1 Å². The smallest absolute Gasteiger partial charge is 0.226 e. The van der Waals surface area contributed by atoms with Crippen molar-refractivity contribution in [2.24, 2.45) is 5.92 Å². The minimum Gasteiger partial charge on any atom is -0.368 e. The Morgan fingerprint density at radius 1 is 1.00 bits per heavy atom. The number of carbonyl (C=O) groups is 1. The van der Waals surface area contributed by atoms with E-state index in [2.05, 4.69) is 37.2 Å². The fourth-order valence-electron chi connectivity index (χ4n) is 2.66. The molecule has 1 aromatic carbocycles. The summed E-state index contributed by atoms with van der Waals surface area (Å²) in [4.78, 5) is 24.9. The first kappa shape index (κ1) is 16.2. The van der Waals surface area contributed by atoms with Crippen molar-refractivity contribution in [3.05, 3.63) is 42.7 Å². The lowest BCUT2D eigenvalue weighted by molar-refractivity contribution is -0.118. The van der Waals surface area contributed by atoms with Crippen LogP contribution in [0.15, 0.2) is 42.7 Å². The van der Waals surface area contributed by atoms with Crippen molar-refractivity contribution in [1.29, 1.82) is 0 Å². The van der Waals surface area contributed by atoms with Crippen molar-refractivity contribution in [3.8, 4) is 0 Å². The highest BCUT2D eigenvalue weighted by molar-refractivity contribution is 5.92. The normalized spacial score (nSPS) is 14.8. The van der Waals surface area contributed by atoms with Crippen LogP contribution in [0.25, 0.3) is 0 Å². The highest BCUT2D eigenvalue weighted by Crippen LogP contribution is 2.21. The third-order valence-electron chi connectivity index (χ3n) is 4.14. The number of amides is 1. The van der Waals surface area contributed by atoms with Gasteiger partial charge in [0.05, 0.1) is 0 Å². The van der Waals surface area contributed by atoms with Crippen LogP contribution in [-0.2, 0) is 4.79 Å². The first-order chi connectivity index (χ1) is 11.6. The van der Waals surface area contributed by atoms with E-state index in [0.29, 0.717) is 0 Å². The van der Waals surface area contributed by atoms with Gasteiger partial charge in [-0.3, -0.25) is 4.79 Å². The fourth-order valence-corrected chi connectivity index (χ4v) is 2.66. The van der Waals surface area contributed by atoms with E-state index in [0.717, 1.165) is 37.8 Å². The van der Waals surface area contributed by atoms with Crippen molar-refractivity contribution in [3.63, 3.8) is 0 Å². The lowest BCUT2D eigenvalue weighted by atomic mass is 10.2. The summed E-state index contributed by atoms with van der Waals surface area (Å²) in [5, 5.41) is 2.92. The molecular weight excluding hydrogens is 302 g/mol. The summed E-state index contributed by atoms with van der Waals surface area (Å²) in [5.41, 5.74) is 2.01. The Bertz CT molecular complexity index is 664. The number of piperazine rings is 1. The molecular formula is C18H23N5O. The standard InChI is InChI=1S/C18H23N5O/c1-14(2)17(24)21-15-4-6-16(7-5-15)22-10-12-23(13-11-22)18-19-8-3-9-20-18/h3-9,14H,10-13H2,1-2H3,(H,21,24). The lowest BCUT2D eigenvalue weighted by Crippen LogP contribution is -2.47. The van der Waals surface area contributed by atoms with E-state index in [4.69, 9.17) is 0 Å². The molecule has 0 saturated carbocycles. The summed E-state index contributed by atoms with van der Waals surface area (Å²) < 4.78 is 0. The van der Waals surface area contributed by atoms with E-state index in [-0.39, 0.29) is 11.8 Å². The maximum absolute atomic E-state index is 11.7. The maximum Gasteiger partial charge on any atom is 0.226 e. The maximum atomic E-state index is 11.7. The molecule has 3 rings (SSSR count). The Kier molecular flexibility index (Phi) is 4.93. The summed E-state index contributed by atoms with van der Waals surface area (Å²) in [5.74, 6) is 0.820. The second-order valence-corrected chi connectivity index (χ2v) is 6.21. The van der Waals surface area contributed by atoms with Crippen LogP contribution in [0.2, 0.25) is 0 Å². The Morgan fingerprint density at radius 3 is 2.17 bits per heavy atom. The summed E-state index contributed by atoms with van der Waals surface area (Å²) in [6, 6.07) is 9.87. The molecule has 6 nitrogen and oxygen atoms in total. The molecule has 2 heterocycles. The zero-order valence-corrected chi connectivity index (χ0v) is 14.1. The van der Waals surface area contributed by atoms with Crippen LogP contribution in [0, 0.1) is 5.92 Å². The van der Waals surface area contributed by atoms with Crippen LogP contribution in [0.1, 0.15) is 13.8 Å². The third kappa shape index (κ3) is 3.82. The van der Waals surface area contributed by atoms with Crippen molar-refractivity contribution in [1.82, 2.24) is 9.97 Å². The zero-order valence-electron chi connectivity index (χ0n) is 14.1. The van der Waals surface area contributed by atoms with Gasteiger partial charge in [0.15, 0.2) is 0 Å². The van der Waals surface area contributed by atoms with Crippen LogP contribution in [0.3, 0.4) is 0 Å². The highest BCUT2D eigenvalue weighted by Gasteiger charge is 2.19. The van der Waals surface area contributed by atoms with E-state index in [9.17, 15) is 4.79 Å². The van der Waals surface area contributed by atoms with Crippen LogP contribution < -0.4 is 15.1 Å². The predicted octanol–water partition coefficient (Wildman–Crippen LogP) is 2.40. The number of nitrogens with one attached hydrogen (secondary N) is 1. The molecule has 1 aliphatic heterocycles. The van der Waals surface area contributed by atoms with Crippen LogP contribution in [0.5, 0.6) is 0 Å². The zero-order chi connectivity index (χ0) is 16.9. The average Bonchev–Trinajstić information content (AvgIpc) is 2.63. The Labute approximate surface area is 142 Å². The molecule has 1 amide bonds. The molecule has 1 saturated heterocycles. The molecule has 6 heteroatoms. The molecule has 2 aromatic rings. The molecule has 0 bridgehead atoms. The number of benzene rings is 1. The largest absolute Gasteiger partial charge is 0.368 e. The van der Waals surface area contributed by atoms with Crippen molar-refractivity contribution in [2.75, 3.05) is 41.3 Å². The number of anilines is 3. The second-order valence-electron chi connectivity index (χ2n) is 6.21. The van der Waals surface area contributed by atoms with Gasteiger partial charge in [-0.25, -0.2) is 9.97 Å². The first-order valence-corrected chi connectivity index (χ1v) is 8.31. The molecule has 1 N–H and O–H groups in total. The van der Waals surface area contributed by atoms with Gasteiger partial charge in [-0.05, 0) is 30.3 Å². The number of aromatic nitrogens is 2. The van der Waals surface area contributed by atoms with E-state index >= 15 is 0 Å². The number of hydrogen-bond acceptors (Lipinski definition) is 5. The van der Waals surface area contributed by atoms with E-state index in [1.54, 1.807) is 12.4 Å². The van der Waals surface area contributed by atoms with Gasteiger partial charge in [0.1, 0.15) is 0 Å². The summed E-state index contributed by atoms with van der Waals surface area (Å²) >= 11 is 0. The number of nitrogens with zero attached hydrogens (tertiary/aromatic N) is 4. The molecule has 24 heavy (non-hydrogen) atoms.